The Kier molecular flexibility index (Phi) is 7.70. The van der Waals surface area contributed by atoms with E-state index >= 15 is 0 Å². The highest BCUT2D eigenvalue weighted by Gasteiger charge is 2.11. The summed E-state index contributed by atoms with van der Waals surface area (Å²) in [4.78, 5) is 12.0. The molecule has 0 saturated carbocycles. The van der Waals surface area contributed by atoms with Crippen LogP contribution >= 0.6 is 11.8 Å². The van der Waals surface area contributed by atoms with Gasteiger partial charge in [0.25, 0.3) is 0 Å². The number of carboxylic acids is 1. The molecule has 0 amide bonds. The van der Waals surface area contributed by atoms with Gasteiger partial charge in [-0.1, -0.05) is 25.5 Å². The van der Waals surface area contributed by atoms with Crippen LogP contribution in [0.2, 0.25) is 0 Å². The molecule has 0 spiro atoms. The maximum Gasteiger partial charge on any atom is 0.306 e. The Morgan fingerprint density at radius 2 is 1.90 bits per heavy atom. The Morgan fingerprint density at radius 3 is 2.45 bits per heavy atom. The van der Waals surface area contributed by atoms with Crippen LogP contribution in [0.3, 0.4) is 0 Å². The SMILES string of the molecule is CSc1ccc(CNC(C)CCCC(C)C(=O)O)cc1. The molecule has 2 unspecified atom stereocenters. The van der Waals surface area contributed by atoms with Gasteiger partial charge in [-0.3, -0.25) is 4.79 Å². The number of benzene rings is 1. The quantitative estimate of drug-likeness (QED) is 0.681. The molecule has 1 aromatic rings. The second-order valence-electron chi connectivity index (χ2n) is 5.30. The van der Waals surface area contributed by atoms with Gasteiger partial charge in [0.15, 0.2) is 0 Å². The molecular formula is C16H25NO2S. The Bertz CT molecular complexity index is 405. The van der Waals surface area contributed by atoms with Crippen molar-refractivity contribution in [2.75, 3.05) is 6.26 Å². The lowest BCUT2D eigenvalue weighted by Gasteiger charge is -2.14. The van der Waals surface area contributed by atoms with Crippen molar-refractivity contribution in [2.45, 2.75) is 50.6 Å². The molecule has 20 heavy (non-hydrogen) atoms. The number of aliphatic carboxylic acids is 1. The summed E-state index contributed by atoms with van der Waals surface area (Å²) in [6.45, 7) is 4.79. The van der Waals surface area contributed by atoms with Gasteiger partial charge in [-0.15, -0.1) is 11.8 Å². The fraction of sp³-hybridized carbons (Fsp3) is 0.562. The summed E-state index contributed by atoms with van der Waals surface area (Å²) in [7, 11) is 0. The average Bonchev–Trinajstić information content (AvgIpc) is 2.45. The first-order chi connectivity index (χ1) is 9.52. The molecule has 0 bridgehead atoms. The maximum absolute atomic E-state index is 10.7. The van der Waals surface area contributed by atoms with Gasteiger partial charge in [0, 0.05) is 17.5 Å². The van der Waals surface area contributed by atoms with E-state index in [0.29, 0.717) is 6.04 Å². The smallest absolute Gasteiger partial charge is 0.306 e. The Labute approximate surface area is 126 Å². The van der Waals surface area contributed by atoms with Crippen LogP contribution < -0.4 is 5.32 Å². The lowest BCUT2D eigenvalue weighted by Crippen LogP contribution is -2.25. The lowest BCUT2D eigenvalue weighted by molar-refractivity contribution is -0.141. The summed E-state index contributed by atoms with van der Waals surface area (Å²) in [6.07, 6.45) is 4.80. The molecule has 112 valence electrons. The summed E-state index contributed by atoms with van der Waals surface area (Å²) in [5.74, 6) is -0.930. The standard InChI is InChI=1S/C16H25NO2S/c1-12(16(18)19)5-4-6-13(2)17-11-14-7-9-15(20-3)10-8-14/h7-10,12-13,17H,4-6,11H2,1-3H3,(H,18,19). The highest BCUT2D eigenvalue weighted by atomic mass is 32.2. The third kappa shape index (κ3) is 6.44. The number of carbonyl (C=O) groups is 1. The molecule has 0 aliphatic heterocycles. The number of thioether (sulfide) groups is 1. The van der Waals surface area contributed by atoms with Crippen molar-refractivity contribution in [3.63, 3.8) is 0 Å². The first-order valence-corrected chi connectivity index (χ1v) is 8.34. The predicted octanol–water partition coefficient (Wildman–Crippen LogP) is 3.78. The second kappa shape index (κ2) is 9.03. The molecule has 0 fully saturated rings. The van der Waals surface area contributed by atoms with Gasteiger partial charge >= 0.3 is 5.97 Å². The monoisotopic (exact) mass is 295 g/mol. The largest absolute Gasteiger partial charge is 0.481 e. The molecule has 1 aromatic carbocycles. The molecule has 4 heteroatoms. The predicted molar refractivity (Wildman–Crippen MR) is 85.2 cm³/mol. The number of hydrogen-bond donors (Lipinski definition) is 2. The van der Waals surface area contributed by atoms with Crippen LogP contribution in [0, 0.1) is 5.92 Å². The van der Waals surface area contributed by atoms with E-state index in [1.54, 1.807) is 18.7 Å². The van der Waals surface area contributed by atoms with E-state index in [1.807, 2.05) is 0 Å². The van der Waals surface area contributed by atoms with Gasteiger partial charge < -0.3 is 10.4 Å². The first kappa shape index (κ1) is 17.1. The fourth-order valence-corrected chi connectivity index (χ4v) is 2.40. The van der Waals surface area contributed by atoms with Crippen molar-refractivity contribution in [3.8, 4) is 0 Å². The van der Waals surface area contributed by atoms with Crippen molar-refractivity contribution in [3.05, 3.63) is 29.8 Å². The van der Waals surface area contributed by atoms with Gasteiger partial charge in [-0.05, 0) is 43.7 Å². The zero-order valence-electron chi connectivity index (χ0n) is 12.6. The van der Waals surface area contributed by atoms with Crippen molar-refractivity contribution in [2.24, 2.45) is 5.92 Å². The van der Waals surface area contributed by atoms with E-state index in [9.17, 15) is 4.79 Å². The van der Waals surface area contributed by atoms with Crippen LogP contribution in [0.4, 0.5) is 0 Å². The minimum Gasteiger partial charge on any atom is -0.481 e. The zero-order valence-corrected chi connectivity index (χ0v) is 13.4. The highest BCUT2D eigenvalue weighted by molar-refractivity contribution is 7.98. The third-order valence-corrected chi connectivity index (χ3v) is 4.25. The van der Waals surface area contributed by atoms with Crippen molar-refractivity contribution < 1.29 is 9.90 Å². The van der Waals surface area contributed by atoms with Crippen LogP contribution in [-0.2, 0) is 11.3 Å². The molecule has 0 aromatic heterocycles. The van der Waals surface area contributed by atoms with Crippen LogP contribution in [0.25, 0.3) is 0 Å². The first-order valence-electron chi connectivity index (χ1n) is 7.12. The third-order valence-electron chi connectivity index (χ3n) is 3.51. The number of hydrogen-bond acceptors (Lipinski definition) is 3. The van der Waals surface area contributed by atoms with E-state index in [0.717, 1.165) is 25.8 Å². The molecule has 2 N–H and O–H groups in total. The highest BCUT2D eigenvalue weighted by Crippen LogP contribution is 2.15. The summed E-state index contributed by atoms with van der Waals surface area (Å²) in [5, 5.41) is 12.3. The van der Waals surface area contributed by atoms with E-state index in [-0.39, 0.29) is 5.92 Å². The Hall–Kier alpha value is -1.00. The average molecular weight is 295 g/mol. The van der Waals surface area contributed by atoms with Crippen LogP contribution in [0.15, 0.2) is 29.2 Å². The van der Waals surface area contributed by atoms with Gasteiger partial charge in [0.2, 0.25) is 0 Å². The Morgan fingerprint density at radius 1 is 1.25 bits per heavy atom. The summed E-state index contributed by atoms with van der Waals surface area (Å²) >= 11 is 1.75. The summed E-state index contributed by atoms with van der Waals surface area (Å²) in [6, 6.07) is 8.99. The van der Waals surface area contributed by atoms with Crippen LogP contribution in [-0.4, -0.2) is 23.4 Å². The molecule has 0 saturated heterocycles. The molecule has 0 aliphatic carbocycles. The summed E-state index contributed by atoms with van der Waals surface area (Å²) < 4.78 is 0. The van der Waals surface area contributed by atoms with Crippen molar-refractivity contribution in [1.29, 1.82) is 0 Å². The minimum atomic E-state index is -0.695. The Balaban J connectivity index is 2.22. The number of nitrogens with one attached hydrogen (secondary N) is 1. The minimum absolute atomic E-state index is 0.235. The van der Waals surface area contributed by atoms with Gasteiger partial charge in [-0.2, -0.15) is 0 Å². The van der Waals surface area contributed by atoms with Crippen molar-refractivity contribution >= 4 is 17.7 Å². The normalized spacial score (nSPS) is 13.9. The summed E-state index contributed by atoms with van der Waals surface area (Å²) in [5.41, 5.74) is 1.29. The molecule has 0 aliphatic rings. The molecule has 2 atom stereocenters. The van der Waals surface area contributed by atoms with E-state index < -0.39 is 5.97 Å². The topological polar surface area (TPSA) is 49.3 Å². The van der Waals surface area contributed by atoms with Gasteiger partial charge in [0.05, 0.1) is 5.92 Å². The lowest BCUT2D eigenvalue weighted by atomic mass is 10.0. The van der Waals surface area contributed by atoms with E-state index in [4.69, 9.17) is 5.11 Å². The molecule has 0 radical (unpaired) electrons. The van der Waals surface area contributed by atoms with Gasteiger partial charge in [0.1, 0.15) is 0 Å². The zero-order chi connectivity index (χ0) is 15.0. The maximum atomic E-state index is 10.7. The molecule has 1 rings (SSSR count). The molecule has 3 nitrogen and oxygen atoms in total. The number of rotatable bonds is 9. The van der Waals surface area contributed by atoms with Crippen LogP contribution in [0.1, 0.15) is 38.7 Å². The van der Waals surface area contributed by atoms with Gasteiger partial charge in [-0.25, -0.2) is 0 Å². The second-order valence-corrected chi connectivity index (χ2v) is 6.18. The number of carboxylic acid groups (broad SMARTS) is 1. The van der Waals surface area contributed by atoms with Crippen molar-refractivity contribution in [1.82, 2.24) is 5.32 Å². The molecule has 0 heterocycles. The van der Waals surface area contributed by atoms with E-state index in [1.165, 1.54) is 10.5 Å². The fourth-order valence-electron chi connectivity index (χ4n) is 1.99. The van der Waals surface area contributed by atoms with Crippen LogP contribution in [0.5, 0.6) is 0 Å². The van der Waals surface area contributed by atoms with E-state index in [2.05, 4.69) is 42.8 Å². The molecular weight excluding hydrogens is 270 g/mol.